The quantitative estimate of drug-likeness (QED) is 0.361. The Kier molecular flexibility index (Phi) is 71.4. The van der Waals surface area contributed by atoms with Crippen LogP contribution in [0.1, 0.15) is 0 Å². The summed E-state index contributed by atoms with van der Waals surface area (Å²) in [6, 6.07) is -0.816. The third-order valence-corrected chi connectivity index (χ3v) is 0.907. The standard InChI is InChI=1S/C3H7NO2S.4ClH.Pt/c4-2(1-7)3(5)6;;;;;/h2,7H,1,4H2,(H,5,6);4*1H;/q;;;;;+2/p-4. The van der Waals surface area contributed by atoms with Crippen LogP contribution in [0, 0.1) is 0 Å². The predicted octanol–water partition coefficient (Wildman–Crippen LogP) is -12.7. The largest absolute Gasteiger partial charge is 2.00 e. The SMILES string of the molecule is NC(CS)C(=O)O.[Cl-].[Cl-].[Cl-].[Cl-].[Pt+2]. The second kappa shape index (κ2) is 22.9. The van der Waals surface area contributed by atoms with E-state index < -0.39 is 12.0 Å². The van der Waals surface area contributed by atoms with Crippen LogP contribution < -0.4 is 55.4 Å². The summed E-state index contributed by atoms with van der Waals surface area (Å²) >= 11 is 3.65. The summed E-state index contributed by atoms with van der Waals surface area (Å²) in [5, 5.41) is 8.01. The van der Waals surface area contributed by atoms with E-state index in [2.05, 4.69) is 12.6 Å². The van der Waals surface area contributed by atoms with Crippen LogP contribution in [0.5, 0.6) is 0 Å². The Morgan fingerprint density at radius 3 is 1.58 bits per heavy atom. The van der Waals surface area contributed by atoms with E-state index in [0.717, 1.165) is 0 Å². The van der Waals surface area contributed by atoms with Crippen LogP contribution >= 0.6 is 12.6 Å². The number of thiol groups is 1. The molecule has 0 aromatic rings. The zero-order valence-corrected chi connectivity index (χ0v) is 11.7. The Morgan fingerprint density at radius 2 is 1.58 bits per heavy atom. The first kappa shape index (κ1) is 37.3. The molecule has 9 heteroatoms. The van der Waals surface area contributed by atoms with Gasteiger partial charge < -0.3 is 60.5 Å². The van der Waals surface area contributed by atoms with Crippen molar-refractivity contribution in [3.63, 3.8) is 0 Å². The van der Waals surface area contributed by atoms with Gasteiger partial charge in [-0.2, -0.15) is 12.6 Å². The average molecular weight is 458 g/mol. The third kappa shape index (κ3) is 22.6. The van der Waals surface area contributed by atoms with Crippen molar-refractivity contribution in [2.45, 2.75) is 6.04 Å². The van der Waals surface area contributed by atoms with Crippen LogP contribution in [0.2, 0.25) is 0 Å². The van der Waals surface area contributed by atoms with Gasteiger partial charge in [-0.25, -0.2) is 0 Å². The van der Waals surface area contributed by atoms with E-state index in [-0.39, 0.29) is 76.4 Å². The summed E-state index contributed by atoms with van der Waals surface area (Å²) in [6.45, 7) is 0. The van der Waals surface area contributed by atoms with Gasteiger partial charge in [0.1, 0.15) is 6.04 Å². The van der Waals surface area contributed by atoms with E-state index in [1.54, 1.807) is 0 Å². The molecule has 0 aromatic carbocycles. The Bertz CT molecular complexity index is 90.7. The number of carboxylic acids is 1. The molecule has 1 unspecified atom stereocenters. The maximum absolute atomic E-state index is 9.76. The van der Waals surface area contributed by atoms with Gasteiger partial charge >= 0.3 is 27.0 Å². The molecule has 0 fully saturated rings. The van der Waals surface area contributed by atoms with Gasteiger partial charge in [0, 0.05) is 5.75 Å². The first-order valence-electron chi connectivity index (χ1n) is 1.77. The van der Waals surface area contributed by atoms with Crippen LogP contribution in [0.4, 0.5) is 0 Å². The molecular formula is C3H7Cl4NO2PtS-2. The van der Waals surface area contributed by atoms with E-state index in [4.69, 9.17) is 10.8 Å². The summed E-state index contributed by atoms with van der Waals surface area (Å²) in [6.07, 6.45) is 0. The van der Waals surface area contributed by atoms with Gasteiger partial charge in [-0.15, -0.1) is 0 Å². The molecule has 82 valence electrons. The number of carboxylic acid groups (broad SMARTS) is 1. The molecule has 0 rings (SSSR count). The number of carbonyl (C=O) groups is 1. The van der Waals surface area contributed by atoms with E-state index in [9.17, 15) is 4.79 Å². The predicted molar refractivity (Wildman–Crippen MR) is 29.5 cm³/mol. The molecule has 0 amide bonds. The van der Waals surface area contributed by atoms with Crippen molar-refractivity contribution in [3.8, 4) is 0 Å². The number of halogens is 4. The summed E-state index contributed by atoms with van der Waals surface area (Å²) in [5.41, 5.74) is 4.94. The molecule has 0 heterocycles. The number of aliphatic carboxylic acids is 1. The molecule has 1 atom stereocenters. The van der Waals surface area contributed by atoms with Gasteiger partial charge in [0.25, 0.3) is 0 Å². The van der Waals surface area contributed by atoms with Crippen LogP contribution in [-0.2, 0) is 25.9 Å². The molecule has 3 N–H and O–H groups in total. The minimum atomic E-state index is -1.00. The van der Waals surface area contributed by atoms with Crippen LogP contribution in [0.3, 0.4) is 0 Å². The molecule has 3 nitrogen and oxygen atoms in total. The fourth-order valence-corrected chi connectivity index (χ4v) is 0.234. The van der Waals surface area contributed by atoms with E-state index in [1.807, 2.05) is 0 Å². The molecule has 12 heavy (non-hydrogen) atoms. The second-order valence-electron chi connectivity index (χ2n) is 1.13. The van der Waals surface area contributed by atoms with Crippen LogP contribution in [-0.4, -0.2) is 22.9 Å². The molecule has 0 aliphatic heterocycles. The molecule has 0 spiro atoms. The molecule has 0 saturated carbocycles. The van der Waals surface area contributed by atoms with Crippen molar-refractivity contribution in [2.24, 2.45) is 5.73 Å². The summed E-state index contributed by atoms with van der Waals surface area (Å²) in [4.78, 5) is 9.76. The molecule has 0 radical (unpaired) electrons. The van der Waals surface area contributed by atoms with Crippen molar-refractivity contribution in [1.82, 2.24) is 0 Å². The molecular weight excluding hydrogens is 451 g/mol. The van der Waals surface area contributed by atoms with Gasteiger partial charge in [-0.05, 0) is 0 Å². The van der Waals surface area contributed by atoms with E-state index in [1.165, 1.54) is 0 Å². The number of nitrogens with two attached hydrogens (primary N) is 1. The normalized spacial score (nSPS) is 7.83. The zero-order valence-electron chi connectivity index (χ0n) is 5.49. The summed E-state index contributed by atoms with van der Waals surface area (Å²) < 4.78 is 0. The monoisotopic (exact) mass is 456 g/mol. The number of hydrogen-bond donors (Lipinski definition) is 3. The van der Waals surface area contributed by atoms with Gasteiger partial charge in [0.15, 0.2) is 0 Å². The Morgan fingerprint density at radius 1 is 1.33 bits per heavy atom. The summed E-state index contributed by atoms with van der Waals surface area (Å²) in [7, 11) is 0. The molecule has 0 aliphatic carbocycles. The zero-order chi connectivity index (χ0) is 5.86. The topological polar surface area (TPSA) is 63.3 Å². The Labute approximate surface area is 116 Å². The first-order chi connectivity index (χ1) is 3.18. The van der Waals surface area contributed by atoms with Crippen molar-refractivity contribution < 1.29 is 80.6 Å². The van der Waals surface area contributed by atoms with Crippen molar-refractivity contribution >= 4 is 18.6 Å². The maximum Gasteiger partial charge on any atom is 2.00 e. The van der Waals surface area contributed by atoms with Gasteiger partial charge in [-0.3, -0.25) is 4.79 Å². The molecule has 0 saturated heterocycles. The smallest absolute Gasteiger partial charge is 1.00 e. The molecule has 0 aromatic heterocycles. The first-order valence-corrected chi connectivity index (χ1v) is 2.41. The van der Waals surface area contributed by atoms with Gasteiger partial charge in [0.2, 0.25) is 0 Å². The third-order valence-electron chi connectivity index (χ3n) is 0.514. The van der Waals surface area contributed by atoms with Crippen molar-refractivity contribution in [1.29, 1.82) is 0 Å². The van der Waals surface area contributed by atoms with E-state index >= 15 is 0 Å². The number of hydrogen-bond acceptors (Lipinski definition) is 3. The fraction of sp³-hybridized carbons (Fsp3) is 0.667. The van der Waals surface area contributed by atoms with Gasteiger partial charge in [0.05, 0.1) is 0 Å². The van der Waals surface area contributed by atoms with Crippen molar-refractivity contribution in [2.75, 3.05) is 5.75 Å². The van der Waals surface area contributed by atoms with Gasteiger partial charge in [-0.1, -0.05) is 0 Å². The molecule has 0 aliphatic rings. The van der Waals surface area contributed by atoms with Crippen molar-refractivity contribution in [3.05, 3.63) is 0 Å². The average Bonchev–Trinajstić information content (AvgIpc) is 1.65. The minimum Gasteiger partial charge on any atom is -1.00 e. The van der Waals surface area contributed by atoms with E-state index in [0.29, 0.717) is 0 Å². The summed E-state index contributed by atoms with van der Waals surface area (Å²) in [5.74, 6) is -0.815. The van der Waals surface area contributed by atoms with Crippen LogP contribution in [0.15, 0.2) is 0 Å². The fourth-order valence-electron chi connectivity index (χ4n) is 0.0781. The minimum absolute atomic E-state index is 0. The Balaban J connectivity index is -0.0000000180. The second-order valence-corrected chi connectivity index (χ2v) is 1.49. The Hall–Kier alpha value is 1.63. The van der Waals surface area contributed by atoms with Crippen LogP contribution in [0.25, 0.3) is 0 Å². The maximum atomic E-state index is 9.76. The molecule has 0 bridgehead atoms. The number of rotatable bonds is 2.